The molecule has 16 heteroatoms. The Morgan fingerprint density at radius 2 is 1.72 bits per heavy atom. The zero-order valence-corrected chi connectivity index (χ0v) is 36.0. The number of ether oxygens (including phenoxy) is 5. The molecule has 5 rings (SSSR count). The van der Waals surface area contributed by atoms with Crippen molar-refractivity contribution in [2.24, 2.45) is 17.8 Å². The summed E-state index contributed by atoms with van der Waals surface area (Å²) in [7, 11) is 5.06. The summed E-state index contributed by atoms with van der Waals surface area (Å²) in [5.41, 5.74) is -4.64. The van der Waals surface area contributed by atoms with Gasteiger partial charge < -0.3 is 43.2 Å². The van der Waals surface area contributed by atoms with Crippen molar-refractivity contribution in [3.8, 4) is 0 Å². The molecule has 15 nitrogen and oxygen atoms in total. The number of aliphatic hydroxyl groups is 1. The summed E-state index contributed by atoms with van der Waals surface area (Å²) in [5.74, 6) is -5.74. The number of methoxy groups -OCH3 is 1. The monoisotopic (exact) mass is 817 g/mol. The van der Waals surface area contributed by atoms with Gasteiger partial charge in [-0.05, 0) is 85.5 Å². The number of carbonyl (C=O) groups excluding carboxylic acids is 4. The number of ketones is 2. The Hall–Kier alpha value is -3.57. The van der Waals surface area contributed by atoms with Crippen LogP contribution >= 0.6 is 0 Å². The van der Waals surface area contributed by atoms with Crippen molar-refractivity contribution in [1.82, 2.24) is 24.3 Å². The fraction of sp³-hybridized carbons (Fsp3) is 0.762. The van der Waals surface area contributed by atoms with Gasteiger partial charge >= 0.3 is 12.1 Å². The highest BCUT2D eigenvalue weighted by molar-refractivity contribution is 6.08. The van der Waals surface area contributed by atoms with E-state index in [1.807, 2.05) is 42.6 Å². The molecule has 0 spiro atoms. The summed E-state index contributed by atoms with van der Waals surface area (Å²) < 4.78 is 49.8. The van der Waals surface area contributed by atoms with Gasteiger partial charge in [-0.2, -0.15) is 0 Å². The molecule has 3 saturated heterocycles. The third kappa shape index (κ3) is 8.54. The molecule has 0 aliphatic carbocycles. The molecule has 5 heterocycles. The highest BCUT2D eigenvalue weighted by Crippen LogP contribution is 2.45. The average Bonchev–Trinajstić information content (AvgIpc) is 3.74. The van der Waals surface area contributed by atoms with E-state index in [4.69, 9.17) is 23.7 Å². The molecule has 1 N–H and O–H groups in total. The molecule has 0 aromatic carbocycles. The van der Waals surface area contributed by atoms with Crippen LogP contribution < -0.4 is 0 Å². The van der Waals surface area contributed by atoms with Gasteiger partial charge in [0.1, 0.15) is 18.0 Å². The summed E-state index contributed by atoms with van der Waals surface area (Å²) in [4.78, 5) is 69.1. The number of Topliss-reactive ketones (excluding diaryl/α,β-unsaturated/α-hetero) is 2. The zero-order chi connectivity index (χ0) is 42.9. The maximum absolute atomic E-state index is 17.0. The molecule has 0 bridgehead atoms. The predicted octanol–water partition coefficient (Wildman–Crippen LogP) is 4.90. The number of rotatable bonds is 11. The highest BCUT2D eigenvalue weighted by atomic mass is 19.1. The smallest absolute Gasteiger partial charge is 0.410 e. The lowest BCUT2D eigenvalue weighted by atomic mass is 9.72. The number of hydrogen-bond acceptors (Lipinski definition) is 13. The number of aryl methyl sites for hydroxylation is 1. The van der Waals surface area contributed by atoms with Crippen molar-refractivity contribution in [2.75, 3.05) is 27.7 Å². The van der Waals surface area contributed by atoms with E-state index in [1.165, 1.54) is 14.0 Å². The fourth-order valence-corrected chi connectivity index (χ4v) is 9.64. The standard InChI is InChI=1S/C42H64FN5O10/c1-12-30-42(13-2)33(48(39(53)58-42)20-15-14-19-47-23-45-36-28(47)17-16-18-44-36)26(5)31(49)24(3)22-40(7,54-11)35(27(6)34(51)41(8,43)38(52)56-30)57-37-32(50)29(46(9)10)21-25(4)55-37/h16-18,23-27,29-30,32-33,35,37,50H,12-15,19-22H2,1-11H3/t24-,25-,26+,27+,29+,30-,32-,33-,35-,37+,40-,41+,42-/m1/s1. The zero-order valence-electron chi connectivity index (χ0n) is 36.0. The average molecular weight is 818 g/mol. The first-order valence-corrected chi connectivity index (χ1v) is 20.7. The lowest BCUT2D eigenvalue weighted by molar-refractivity contribution is -0.295. The van der Waals surface area contributed by atoms with Gasteiger partial charge in [-0.15, -0.1) is 0 Å². The molecular weight excluding hydrogens is 753 g/mol. The summed E-state index contributed by atoms with van der Waals surface area (Å²) >= 11 is 0. The van der Waals surface area contributed by atoms with Crippen molar-refractivity contribution >= 4 is 34.8 Å². The van der Waals surface area contributed by atoms with E-state index < -0.39 is 83.1 Å². The number of carbonyl (C=O) groups is 4. The fourth-order valence-electron chi connectivity index (χ4n) is 9.64. The number of alkyl halides is 1. The molecule has 3 aliphatic rings. The van der Waals surface area contributed by atoms with Gasteiger partial charge in [0.15, 0.2) is 23.3 Å². The van der Waals surface area contributed by atoms with E-state index in [9.17, 15) is 24.3 Å². The van der Waals surface area contributed by atoms with Gasteiger partial charge in [0, 0.05) is 50.2 Å². The minimum absolute atomic E-state index is 0.00343. The normalized spacial score (nSPS) is 38.1. The van der Waals surface area contributed by atoms with Crippen LogP contribution in [0.3, 0.4) is 0 Å². The Morgan fingerprint density at radius 1 is 1.03 bits per heavy atom. The van der Waals surface area contributed by atoms with Crippen molar-refractivity contribution in [2.45, 2.75) is 160 Å². The number of pyridine rings is 1. The van der Waals surface area contributed by atoms with Crippen LogP contribution in [0.1, 0.15) is 93.9 Å². The number of aliphatic hydroxyl groups excluding tert-OH is 1. The second-order valence-corrected chi connectivity index (χ2v) is 17.2. The van der Waals surface area contributed by atoms with E-state index in [0.29, 0.717) is 31.5 Å². The first-order valence-electron chi connectivity index (χ1n) is 20.7. The number of amides is 1. The summed E-state index contributed by atoms with van der Waals surface area (Å²) in [5, 5.41) is 11.4. The van der Waals surface area contributed by atoms with E-state index in [-0.39, 0.29) is 43.7 Å². The molecule has 0 saturated carbocycles. The maximum Gasteiger partial charge on any atom is 0.410 e. The van der Waals surface area contributed by atoms with Crippen LogP contribution in [0.25, 0.3) is 11.2 Å². The summed E-state index contributed by atoms with van der Waals surface area (Å²) in [6.07, 6.45) is -0.565. The number of hydrogen-bond donors (Lipinski definition) is 1. The highest BCUT2D eigenvalue weighted by Gasteiger charge is 2.63. The number of fused-ring (bicyclic) bond motifs is 2. The molecule has 3 fully saturated rings. The summed E-state index contributed by atoms with van der Waals surface area (Å²) in [6.45, 7) is 13.6. The molecule has 2 aromatic heterocycles. The Kier molecular flexibility index (Phi) is 14.1. The second kappa shape index (κ2) is 18.0. The lowest BCUT2D eigenvalue weighted by Gasteiger charge is -2.47. The number of nitrogens with zero attached hydrogens (tertiary/aromatic N) is 5. The molecule has 13 atom stereocenters. The predicted molar refractivity (Wildman–Crippen MR) is 211 cm³/mol. The van der Waals surface area contributed by atoms with E-state index in [1.54, 1.807) is 52.0 Å². The number of halogens is 1. The van der Waals surface area contributed by atoms with Crippen LogP contribution in [0, 0.1) is 17.8 Å². The Labute approximate surface area is 341 Å². The molecule has 0 radical (unpaired) electrons. The van der Waals surface area contributed by atoms with Gasteiger partial charge in [0.25, 0.3) is 5.67 Å². The Balaban J connectivity index is 1.51. The Morgan fingerprint density at radius 3 is 2.36 bits per heavy atom. The number of cyclic esters (lactones) is 1. The van der Waals surface area contributed by atoms with E-state index >= 15 is 4.39 Å². The lowest BCUT2D eigenvalue weighted by Crippen LogP contribution is -2.62. The topological polar surface area (TPSA) is 172 Å². The van der Waals surface area contributed by atoms with Crippen LogP contribution in [0.15, 0.2) is 24.7 Å². The molecule has 0 unspecified atom stereocenters. The second-order valence-electron chi connectivity index (χ2n) is 17.2. The van der Waals surface area contributed by atoms with Gasteiger partial charge in [-0.1, -0.05) is 34.6 Å². The largest absolute Gasteiger partial charge is 0.455 e. The summed E-state index contributed by atoms with van der Waals surface area (Å²) in [6, 6.07) is 2.51. The number of esters is 1. The molecule has 324 valence electrons. The molecular formula is C42H64FN5O10. The molecule has 58 heavy (non-hydrogen) atoms. The molecule has 3 aliphatic heterocycles. The number of unbranched alkanes of at least 4 members (excludes halogenated alkanes) is 1. The van der Waals surface area contributed by atoms with E-state index in [0.717, 1.165) is 12.4 Å². The van der Waals surface area contributed by atoms with Crippen molar-refractivity contribution in [3.05, 3.63) is 24.7 Å². The quantitative estimate of drug-likeness (QED) is 0.185. The number of imidazole rings is 1. The van der Waals surface area contributed by atoms with Crippen LogP contribution in [0.5, 0.6) is 0 Å². The van der Waals surface area contributed by atoms with Crippen LogP contribution in [0.2, 0.25) is 0 Å². The van der Waals surface area contributed by atoms with E-state index in [2.05, 4.69) is 9.97 Å². The number of likely N-dealkylation sites (N-methyl/N-ethyl adjacent to an activating group) is 1. The van der Waals surface area contributed by atoms with Crippen LogP contribution in [0.4, 0.5) is 9.18 Å². The Bertz CT molecular complexity index is 1790. The van der Waals surface area contributed by atoms with Gasteiger partial charge in [0.2, 0.25) is 0 Å². The van der Waals surface area contributed by atoms with Crippen molar-refractivity contribution in [1.29, 1.82) is 0 Å². The first kappa shape index (κ1) is 45.5. The van der Waals surface area contributed by atoms with Gasteiger partial charge in [-0.3, -0.25) is 9.59 Å². The third-order valence-electron chi connectivity index (χ3n) is 13.0. The first-order chi connectivity index (χ1) is 27.3. The molecule has 2 aromatic rings. The van der Waals surface area contributed by atoms with Gasteiger partial charge in [-0.25, -0.2) is 23.9 Å². The molecule has 1 amide bonds. The van der Waals surface area contributed by atoms with Crippen LogP contribution in [-0.2, 0) is 44.6 Å². The van der Waals surface area contributed by atoms with Crippen LogP contribution in [-0.4, -0.2) is 140 Å². The van der Waals surface area contributed by atoms with Crippen molar-refractivity contribution < 1.29 is 52.4 Å². The van der Waals surface area contributed by atoms with Gasteiger partial charge in [0.05, 0.1) is 35.7 Å². The maximum atomic E-state index is 17.0. The minimum Gasteiger partial charge on any atom is -0.455 e. The van der Waals surface area contributed by atoms with Crippen molar-refractivity contribution in [3.63, 3.8) is 0 Å². The third-order valence-corrected chi connectivity index (χ3v) is 13.0. The number of aromatic nitrogens is 3. The minimum atomic E-state index is -3.18. The SMILES string of the molecule is CC[C@H]1OC(=O)[C@@](C)(F)C(=O)[C@H](C)[C@@H](O[C@@H]2O[C@H](C)C[C@H](N(C)C)[C@H]2O)[C@](C)(OC)C[C@@H](C)C(=O)[C@H](C)[C@H]2N(CCCCn3cnc4ncccc43)C(=O)O[C@]12CC.